The number of ketones is 1. The lowest BCUT2D eigenvalue weighted by molar-refractivity contribution is 0.0940. The van der Waals surface area contributed by atoms with Crippen LogP contribution in [0.1, 0.15) is 29.6 Å². The first kappa shape index (κ1) is 15.5. The van der Waals surface area contributed by atoms with Crippen molar-refractivity contribution >= 4 is 17.4 Å². The van der Waals surface area contributed by atoms with Gasteiger partial charge < -0.3 is 9.80 Å². The highest BCUT2D eigenvalue weighted by molar-refractivity contribution is 6.31. The number of benzene rings is 1. The molecule has 0 aromatic heterocycles. The van der Waals surface area contributed by atoms with Crippen LogP contribution in [0.5, 0.6) is 0 Å². The summed E-state index contributed by atoms with van der Waals surface area (Å²) in [5.74, 6) is 0.183. The molecule has 1 heterocycles. The van der Waals surface area contributed by atoms with Gasteiger partial charge in [-0.25, -0.2) is 0 Å². The fourth-order valence-corrected chi connectivity index (χ4v) is 2.92. The van der Waals surface area contributed by atoms with Crippen LogP contribution in [0.2, 0.25) is 5.02 Å². The molecule has 1 saturated heterocycles. The third-order valence-electron chi connectivity index (χ3n) is 4.09. The molecule has 110 valence electrons. The lowest BCUT2D eigenvalue weighted by Crippen LogP contribution is -2.42. The maximum absolute atomic E-state index is 12.1. The Balaban J connectivity index is 1.77. The van der Waals surface area contributed by atoms with Crippen LogP contribution in [-0.2, 0) is 0 Å². The predicted octanol–water partition coefficient (Wildman–Crippen LogP) is 2.94. The molecule has 1 aromatic rings. The van der Waals surface area contributed by atoms with Gasteiger partial charge in [-0.15, -0.1) is 0 Å². The van der Waals surface area contributed by atoms with Crippen LogP contribution in [0.4, 0.5) is 0 Å². The maximum Gasteiger partial charge on any atom is 0.164 e. The highest BCUT2D eigenvalue weighted by Crippen LogP contribution is 2.16. The molecule has 0 aliphatic carbocycles. The number of likely N-dealkylation sites (tertiary alicyclic amines) is 1. The van der Waals surface area contributed by atoms with E-state index in [1.165, 1.54) is 12.8 Å². The monoisotopic (exact) mass is 294 g/mol. The van der Waals surface area contributed by atoms with E-state index >= 15 is 0 Å². The van der Waals surface area contributed by atoms with Gasteiger partial charge in [0.05, 0.1) is 0 Å². The van der Waals surface area contributed by atoms with Crippen molar-refractivity contribution < 1.29 is 4.79 Å². The number of nitrogens with zero attached hydrogens (tertiary/aromatic N) is 2. The number of hydrogen-bond acceptors (Lipinski definition) is 3. The van der Waals surface area contributed by atoms with Crippen molar-refractivity contribution in [2.75, 3.05) is 33.7 Å². The van der Waals surface area contributed by atoms with Crippen LogP contribution in [0.3, 0.4) is 0 Å². The zero-order valence-corrected chi connectivity index (χ0v) is 13.1. The van der Waals surface area contributed by atoms with E-state index < -0.39 is 0 Å². The minimum absolute atomic E-state index is 0.183. The van der Waals surface area contributed by atoms with Crippen LogP contribution in [0, 0.1) is 0 Å². The van der Waals surface area contributed by atoms with Gasteiger partial charge in [-0.1, -0.05) is 23.7 Å². The highest BCUT2D eigenvalue weighted by atomic mass is 35.5. The molecular weight excluding hydrogens is 272 g/mol. The molecule has 20 heavy (non-hydrogen) atoms. The van der Waals surface area contributed by atoms with Crippen LogP contribution in [0.25, 0.3) is 0 Å². The minimum Gasteiger partial charge on any atom is -0.306 e. The third kappa shape index (κ3) is 4.30. The summed E-state index contributed by atoms with van der Waals surface area (Å²) < 4.78 is 0. The molecule has 2 rings (SSSR count). The topological polar surface area (TPSA) is 23.6 Å². The summed E-state index contributed by atoms with van der Waals surface area (Å²) in [7, 11) is 4.28. The molecule has 0 bridgehead atoms. The van der Waals surface area contributed by atoms with Gasteiger partial charge >= 0.3 is 0 Å². The number of carbonyl (C=O) groups is 1. The van der Waals surface area contributed by atoms with Crippen molar-refractivity contribution in [3.8, 4) is 0 Å². The number of hydrogen-bond donors (Lipinski definition) is 0. The largest absolute Gasteiger partial charge is 0.306 e. The molecule has 0 atom stereocenters. The third-order valence-corrected chi connectivity index (χ3v) is 4.32. The van der Waals surface area contributed by atoms with E-state index in [1.54, 1.807) is 12.1 Å². The first-order chi connectivity index (χ1) is 9.56. The zero-order chi connectivity index (χ0) is 14.5. The quantitative estimate of drug-likeness (QED) is 0.780. The van der Waals surface area contributed by atoms with E-state index in [4.69, 9.17) is 11.6 Å². The van der Waals surface area contributed by atoms with Gasteiger partial charge in [0.2, 0.25) is 0 Å². The van der Waals surface area contributed by atoms with E-state index in [0.717, 1.165) is 25.2 Å². The maximum atomic E-state index is 12.1. The first-order valence-corrected chi connectivity index (χ1v) is 7.61. The average Bonchev–Trinajstić information content (AvgIpc) is 2.45. The molecule has 4 heteroatoms. The Kier molecular flexibility index (Phi) is 5.58. The summed E-state index contributed by atoms with van der Waals surface area (Å²) in [6, 6.07) is 7.91. The van der Waals surface area contributed by atoms with E-state index in [-0.39, 0.29) is 5.78 Å². The number of Topliss-reactive ketones (excluding diaryl/α,β-unsaturated/α-hetero) is 1. The van der Waals surface area contributed by atoms with E-state index in [9.17, 15) is 4.79 Å². The standard InChI is InChI=1S/C16H23ClN2O/c1-18(2)15-6-9-19(10-7-15)11-8-16(20)13-4-3-5-14(17)12-13/h3-5,12,15H,6-11H2,1-2H3. The minimum atomic E-state index is 0.183. The van der Waals surface area contributed by atoms with Crippen molar-refractivity contribution in [2.24, 2.45) is 0 Å². The smallest absolute Gasteiger partial charge is 0.164 e. The van der Waals surface area contributed by atoms with E-state index in [0.29, 0.717) is 17.5 Å². The Hall–Kier alpha value is -0.900. The van der Waals surface area contributed by atoms with E-state index in [1.807, 2.05) is 12.1 Å². The summed E-state index contributed by atoms with van der Waals surface area (Å²) in [4.78, 5) is 16.8. The van der Waals surface area contributed by atoms with Gasteiger partial charge in [-0.2, -0.15) is 0 Å². The highest BCUT2D eigenvalue weighted by Gasteiger charge is 2.20. The Labute approximate surface area is 126 Å². The Bertz CT molecular complexity index is 454. The van der Waals surface area contributed by atoms with Gasteiger partial charge in [-0.3, -0.25) is 4.79 Å². The second kappa shape index (κ2) is 7.21. The van der Waals surface area contributed by atoms with Crippen LogP contribution >= 0.6 is 11.6 Å². The molecular formula is C16H23ClN2O. The molecule has 0 N–H and O–H groups in total. The fraction of sp³-hybridized carbons (Fsp3) is 0.562. The number of rotatable bonds is 5. The molecule has 1 fully saturated rings. The van der Waals surface area contributed by atoms with Gasteiger partial charge in [-0.05, 0) is 52.2 Å². The van der Waals surface area contributed by atoms with Crippen LogP contribution in [-0.4, -0.2) is 55.4 Å². The Morgan fingerprint density at radius 2 is 2.05 bits per heavy atom. The molecule has 1 aromatic carbocycles. The summed E-state index contributed by atoms with van der Waals surface area (Å²) in [6.07, 6.45) is 2.96. The lowest BCUT2D eigenvalue weighted by atomic mass is 10.0. The molecule has 0 radical (unpaired) electrons. The summed E-state index contributed by atoms with van der Waals surface area (Å²) in [6.45, 7) is 3.03. The molecule has 0 saturated carbocycles. The molecule has 1 aliphatic heterocycles. The van der Waals surface area contributed by atoms with Gasteiger partial charge in [0.25, 0.3) is 0 Å². The second-order valence-corrected chi connectivity index (χ2v) is 6.16. The molecule has 0 spiro atoms. The number of halogens is 1. The SMILES string of the molecule is CN(C)C1CCN(CCC(=O)c2cccc(Cl)c2)CC1. The van der Waals surface area contributed by atoms with Crippen molar-refractivity contribution in [3.05, 3.63) is 34.9 Å². The van der Waals surface area contributed by atoms with E-state index in [2.05, 4.69) is 23.9 Å². The number of piperidine rings is 1. The van der Waals surface area contributed by atoms with Crippen LogP contribution < -0.4 is 0 Å². The van der Waals surface area contributed by atoms with Crippen molar-refractivity contribution in [1.82, 2.24) is 9.80 Å². The lowest BCUT2D eigenvalue weighted by Gasteiger charge is -2.35. The fourth-order valence-electron chi connectivity index (χ4n) is 2.73. The van der Waals surface area contributed by atoms with Gasteiger partial charge in [0.15, 0.2) is 5.78 Å². The first-order valence-electron chi connectivity index (χ1n) is 7.24. The summed E-state index contributed by atoms with van der Waals surface area (Å²) in [5.41, 5.74) is 0.723. The molecule has 3 nitrogen and oxygen atoms in total. The predicted molar refractivity (Wildman–Crippen MR) is 83.5 cm³/mol. The zero-order valence-electron chi connectivity index (χ0n) is 12.3. The van der Waals surface area contributed by atoms with Crippen molar-refractivity contribution in [1.29, 1.82) is 0 Å². The normalized spacial score (nSPS) is 17.6. The van der Waals surface area contributed by atoms with Crippen molar-refractivity contribution in [3.63, 3.8) is 0 Å². The molecule has 1 aliphatic rings. The van der Waals surface area contributed by atoms with Crippen molar-refractivity contribution in [2.45, 2.75) is 25.3 Å². The Morgan fingerprint density at radius 1 is 1.35 bits per heavy atom. The van der Waals surface area contributed by atoms with Crippen LogP contribution in [0.15, 0.2) is 24.3 Å². The van der Waals surface area contributed by atoms with Gasteiger partial charge in [0.1, 0.15) is 0 Å². The summed E-state index contributed by atoms with van der Waals surface area (Å²) in [5, 5.41) is 0.627. The summed E-state index contributed by atoms with van der Waals surface area (Å²) >= 11 is 5.92. The molecule has 0 unspecified atom stereocenters. The number of carbonyl (C=O) groups excluding carboxylic acids is 1. The molecule has 0 amide bonds. The average molecular weight is 295 g/mol. The second-order valence-electron chi connectivity index (χ2n) is 5.72. The van der Waals surface area contributed by atoms with Gasteiger partial charge in [0, 0.05) is 29.6 Å². The Morgan fingerprint density at radius 3 is 2.65 bits per heavy atom.